The van der Waals surface area contributed by atoms with Crippen molar-refractivity contribution in [3.05, 3.63) is 69.7 Å². The van der Waals surface area contributed by atoms with Gasteiger partial charge in [-0.25, -0.2) is 0 Å². The molecule has 2 rings (SSSR count). The number of carboxylic acids is 1. The molecule has 6 heteroatoms. The van der Waals surface area contributed by atoms with Gasteiger partial charge in [-0.1, -0.05) is 41.9 Å². The molecule has 0 amide bonds. The van der Waals surface area contributed by atoms with E-state index in [1.807, 2.05) is 0 Å². The number of aliphatic carboxylic acids is 1. The number of hydrogen-bond donors (Lipinski definition) is 1. The molecule has 0 aliphatic rings. The maximum atomic E-state index is 13.1. The molecule has 0 bridgehead atoms. The minimum Gasteiger partial charge on any atom is -0.481 e. The molecule has 0 fully saturated rings. The first-order valence-electron chi connectivity index (χ1n) is 6.84. The molecule has 0 radical (unpaired) electrons. The highest BCUT2D eigenvalue weighted by Crippen LogP contribution is 2.34. The van der Waals surface area contributed by atoms with Gasteiger partial charge in [0.15, 0.2) is 0 Å². The van der Waals surface area contributed by atoms with Crippen molar-refractivity contribution in [1.29, 1.82) is 0 Å². The topological polar surface area (TPSA) is 37.3 Å². The quantitative estimate of drug-likeness (QED) is 0.841. The number of benzene rings is 2. The van der Waals surface area contributed by atoms with Crippen LogP contribution in [0.3, 0.4) is 0 Å². The van der Waals surface area contributed by atoms with Gasteiger partial charge in [-0.15, -0.1) is 0 Å². The third-order valence-electron chi connectivity index (χ3n) is 3.64. The van der Waals surface area contributed by atoms with Crippen LogP contribution in [0.5, 0.6) is 0 Å². The van der Waals surface area contributed by atoms with E-state index in [4.69, 9.17) is 11.6 Å². The molecule has 0 spiro atoms. The number of alkyl halides is 3. The summed E-state index contributed by atoms with van der Waals surface area (Å²) in [5.41, 5.74) is 0.286. The summed E-state index contributed by atoms with van der Waals surface area (Å²) in [6.07, 6.45) is -4.78. The molecule has 0 saturated heterocycles. The molecule has 0 aromatic heterocycles. The normalized spacial score (nSPS) is 12.9. The Morgan fingerprint density at radius 3 is 2.43 bits per heavy atom. The third-order valence-corrected chi connectivity index (χ3v) is 4.05. The Bertz CT molecular complexity index is 726. The zero-order chi connectivity index (χ0) is 17.2. The van der Waals surface area contributed by atoms with E-state index in [9.17, 15) is 23.1 Å². The maximum Gasteiger partial charge on any atom is 0.416 e. The SMILES string of the molecule is Cc1ccc(C(Cc2ccccc2C(F)(F)F)C(=O)O)cc1Cl. The van der Waals surface area contributed by atoms with Crippen LogP contribution in [0.25, 0.3) is 0 Å². The second kappa shape index (κ2) is 6.62. The van der Waals surface area contributed by atoms with Crippen LogP contribution in [0, 0.1) is 6.92 Å². The molecule has 0 saturated carbocycles. The molecule has 122 valence electrons. The molecule has 23 heavy (non-hydrogen) atoms. The van der Waals surface area contributed by atoms with Crippen LogP contribution in [-0.2, 0) is 17.4 Å². The van der Waals surface area contributed by atoms with Gasteiger partial charge in [0.2, 0.25) is 0 Å². The van der Waals surface area contributed by atoms with Crippen molar-refractivity contribution in [1.82, 2.24) is 0 Å². The standard InChI is InChI=1S/C17H14ClF3O2/c1-10-6-7-11(9-15(10)18)13(16(22)23)8-12-4-2-3-5-14(12)17(19,20)21/h2-7,9,13H,8H2,1H3,(H,22,23). The first kappa shape index (κ1) is 17.3. The highest BCUT2D eigenvalue weighted by atomic mass is 35.5. The highest BCUT2D eigenvalue weighted by Gasteiger charge is 2.34. The predicted octanol–water partition coefficient (Wildman–Crippen LogP) is 5.08. The van der Waals surface area contributed by atoms with Gasteiger partial charge in [-0.05, 0) is 42.2 Å². The fourth-order valence-corrected chi connectivity index (χ4v) is 2.56. The fraction of sp³-hybridized carbons (Fsp3) is 0.235. The Kier molecular flexibility index (Phi) is 5.00. The van der Waals surface area contributed by atoms with E-state index in [1.54, 1.807) is 19.1 Å². The Morgan fingerprint density at radius 2 is 1.87 bits per heavy atom. The average Bonchev–Trinajstić information content (AvgIpc) is 2.47. The molecule has 2 aromatic rings. The minimum atomic E-state index is -4.52. The van der Waals surface area contributed by atoms with Gasteiger partial charge >= 0.3 is 12.1 Å². The summed E-state index contributed by atoms with van der Waals surface area (Å²) >= 11 is 6.00. The van der Waals surface area contributed by atoms with E-state index in [1.165, 1.54) is 24.3 Å². The number of halogens is 4. The van der Waals surface area contributed by atoms with E-state index in [0.29, 0.717) is 10.6 Å². The second-order valence-corrected chi connectivity index (χ2v) is 5.67. The zero-order valence-electron chi connectivity index (χ0n) is 12.2. The van der Waals surface area contributed by atoms with Gasteiger partial charge in [0.1, 0.15) is 0 Å². The summed E-state index contributed by atoms with van der Waals surface area (Å²) in [4.78, 5) is 11.5. The van der Waals surface area contributed by atoms with Gasteiger partial charge in [-0.2, -0.15) is 13.2 Å². The largest absolute Gasteiger partial charge is 0.481 e. The molecular formula is C17H14ClF3O2. The summed E-state index contributed by atoms with van der Waals surface area (Å²) < 4.78 is 39.2. The van der Waals surface area contributed by atoms with Gasteiger partial charge in [0.25, 0.3) is 0 Å². The van der Waals surface area contributed by atoms with Crippen LogP contribution in [0.2, 0.25) is 5.02 Å². The second-order valence-electron chi connectivity index (χ2n) is 5.26. The molecule has 2 nitrogen and oxygen atoms in total. The summed E-state index contributed by atoms with van der Waals surface area (Å²) in [6.45, 7) is 1.76. The molecule has 1 unspecified atom stereocenters. The lowest BCUT2D eigenvalue weighted by atomic mass is 9.89. The van der Waals surface area contributed by atoms with E-state index in [0.717, 1.165) is 11.6 Å². The Balaban J connectivity index is 2.42. The number of aryl methyl sites for hydroxylation is 1. The molecule has 0 heterocycles. The van der Waals surface area contributed by atoms with Crippen molar-refractivity contribution in [2.75, 3.05) is 0 Å². The fourth-order valence-electron chi connectivity index (χ4n) is 2.37. The summed E-state index contributed by atoms with van der Waals surface area (Å²) in [7, 11) is 0. The van der Waals surface area contributed by atoms with Crippen LogP contribution in [0.1, 0.15) is 28.2 Å². The minimum absolute atomic E-state index is 0.0518. The Hall–Kier alpha value is -2.01. The van der Waals surface area contributed by atoms with Crippen molar-refractivity contribution in [3.8, 4) is 0 Å². The Labute approximate surface area is 136 Å². The third kappa shape index (κ3) is 4.05. The van der Waals surface area contributed by atoms with Crippen LogP contribution in [0.15, 0.2) is 42.5 Å². The summed E-state index contributed by atoms with van der Waals surface area (Å²) in [5, 5.41) is 9.80. The zero-order valence-corrected chi connectivity index (χ0v) is 12.9. The lowest BCUT2D eigenvalue weighted by Crippen LogP contribution is -2.17. The van der Waals surface area contributed by atoms with Crippen molar-refractivity contribution >= 4 is 17.6 Å². The number of carboxylic acid groups (broad SMARTS) is 1. The number of carbonyl (C=O) groups is 1. The average molecular weight is 343 g/mol. The maximum absolute atomic E-state index is 13.1. The molecule has 1 atom stereocenters. The van der Waals surface area contributed by atoms with E-state index < -0.39 is 23.6 Å². The predicted molar refractivity (Wildman–Crippen MR) is 81.7 cm³/mol. The summed E-state index contributed by atoms with van der Waals surface area (Å²) in [5.74, 6) is -2.29. The highest BCUT2D eigenvalue weighted by molar-refractivity contribution is 6.31. The van der Waals surface area contributed by atoms with E-state index in [2.05, 4.69) is 0 Å². The molecular weight excluding hydrogens is 329 g/mol. The number of rotatable bonds is 4. The lowest BCUT2D eigenvalue weighted by molar-refractivity contribution is -0.141. The lowest BCUT2D eigenvalue weighted by Gasteiger charge is -2.17. The first-order chi connectivity index (χ1) is 10.7. The molecule has 2 aromatic carbocycles. The van der Waals surface area contributed by atoms with Crippen molar-refractivity contribution in [3.63, 3.8) is 0 Å². The van der Waals surface area contributed by atoms with Crippen molar-refractivity contribution in [2.24, 2.45) is 0 Å². The van der Waals surface area contributed by atoms with Crippen LogP contribution in [0.4, 0.5) is 13.2 Å². The van der Waals surface area contributed by atoms with Gasteiger partial charge in [0.05, 0.1) is 11.5 Å². The van der Waals surface area contributed by atoms with Crippen LogP contribution < -0.4 is 0 Å². The molecule has 0 aliphatic heterocycles. The van der Waals surface area contributed by atoms with Crippen LogP contribution in [-0.4, -0.2) is 11.1 Å². The van der Waals surface area contributed by atoms with E-state index >= 15 is 0 Å². The van der Waals surface area contributed by atoms with Crippen molar-refractivity contribution in [2.45, 2.75) is 25.4 Å². The van der Waals surface area contributed by atoms with Gasteiger partial charge in [0, 0.05) is 5.02 Å². The Morgan fingerprint density at radius 1 is 1.22 bits per heavy atom. The smallest absolute Gasteiger partial charge is 0.416 e. The van der Waals surface area contributed by atoms with E-state index in [-0.39, 0.29) is 12.0 Å². The first-order valence-corrected chi connectivity index (χ1v) is 7.22. The molecule has 0 aliphatic carbocycles. The van der Waals surface area contributed by atoms with Gasteiger partial charge < -0.3 is 5.11 Å². The number of hydrogen-bond acceptors (Lipinski definition) is 1. The van der Waals surface area contributed by atoms with Crippen molar-refractivity contribution < 1.29 is 23.1 Å². The molecule has 1 N–H and O–H groups in total. The van der Waals surface area contributed by atoms with Gasteiger partial charge in [-0.3, -0.25) is 4.79 Å². The monoisotopic (exact) mass is 342 g/mol. The van der Waals surface area contributed by atoms with Crippen LogP contribution >= 0.6 is 11.6 Å². The summed E-state index contributed by atoms with van der Waals surface area (Å²) in [6, 6.07) is 9.73.